The Bertz CT molecular complexity index is 2130. The van der Waals surface area contributed by atoms with Gasteiger partial charge in [0.1, 0.15) is 17.3 Å². The van der Waals surface area contributed by atoms with Crippen molar-refractivity contribution in [1.82, 2.24) is 14.8 Å². The maximum Gasteiger partial charge on any atom is 0.573 e. The Balaban J connectivity index is 1.59. The molecule has 8 nitrogen and oxygen atoms in total. The summed E-state index contributed by atoms with van der Waals surface area (Å²) in [6.45, 7) is 0.599. The molecule has 0 atom stereocenters. The SMILES string of the molecule is Cc1nc(-c2ccc(OC(F)(F)F)cc2)c(-c2cc(-c3cc(F)c(CO)c(S(C)(=O)=O)c3)ccc2-n2nc(C(F)(F)F)cc2C2CC2)o1. The highest BCUT2D eigenvalue weighted by atomic mass is 32.2. The molecule has 1 aliphatic carbocycles. The van der Waals surface area contributed by atoms with Crippen LogP contribution in [0.1, 0.15) is 41.6 Å². The van der Waals surface area contributed by atoms with Gasteiger partial charge in [0.15, 0.2) is 27.2 Å². The number of ether oxygens (including phenoxy) is 1. The van der Waals surface area contributed by atoms with Crippen molar-refractivity contribution in [2.24, 2.45) is 0 Å². The monoisotopic (exact) mass is 695 g/mol. The second kappa shape index (κ2) is 11.8. The van der Waals surface area contributed by atoms with Crippen LogP contribution in [0.5, 0.6) is 5.75 Å². The molecule has 0 radical (unpaired) electrons. The van der Waals surface area contributed by atoms with Crippen LogP contribution in [-0.4, -0.2) is 40.9 Å². The van der Waals surface area contributed by atoms with Gasteiger partial charge in [-0.05, 0) is 78.6 Å². The molecule has 0 spiro atoms. The molecule has 0 bridgehead atoms. The lowest BCUT2D eigenvalue weighted by molar-refractivity contribution is -0.274. The zero-order valence-electron chi connectivity index (χ0n) is 24.9. The molecule has 16 heteroatoms. The van der Waals surface area contributed by atoms with Crippen molar-refractivity contribution in [1.29, 1.82) is 0 Å². The van der Waals surface area contributed by atoms with Gasteiger partial charge in [-0.1, -0.05) is 6.07 Å². The topological polar surface area (TPSA) is 107 Å². The first kappa shape index (κ1) is 33.2. The fourth-order valence-electron chi connectivity index (χ4n) is 5.36. The summed E-state index contributed by atoms with van der Waals surface area (Å²) < 4.78 is 131. The van der Waals surface area contributed by atoms with Crippen molar-refractivity contribution in [3.63, 3.8) is 0 Å². The Kier molecular flexibility index (Phi) is 8.14. The average molecular weight is 696 g/mol. The number of hydrogen-bond acceptors (Lipinski definition) is 7. The van der Waals surface area contributed by atoms with E-state index in [9.17, 15) is 39.9 Å². The van der Waals surface area contributed by atoms with Gasteiger partial charge in [0, 0.05) is 41.5 Å². The van der Waals surface area contributed by atoms with Crippen molar-refractivity contribution in [2.75, 3.05) is 6.26 Å². The molecule has 0 saturated heterocycles. The smallest absolute Gasteiger partial charge is 0.440 e. The number of aliphatic hydroxyl groups excluding tert-OH is 1. The number of oxazole rings is 1. The standard InChI is InChI=1S/C32H24F7N3O5S/c1-16-40-29(18-5-8-21(9-6-18)47-32(37,38)39)30(46-16)22-11-19(20-12-24(33)23(15-43)27(13-20)48(2,44)45)7-10-25(22)42-26(17-3-4-17)14-28(41-42)31(34,35)36/h5-14,17,43H,3-4,15H2,1-2H3. The van der Waals surface area contributed by atoms with Crippen LogP contribution in [0.2, 0.25) is 0 Å². The largest absolute Gasteiger partial charge is 0.573 e. The summed E-state index contributed by atoms with van der Waals surface area (Å²) in [5.41, 5.74) is -0.409. The number of halogens is 7. The van der Waals surface area contributed by atoms with Gasteiger partial charge in [-0.2, -0.15) is 18.3 Å². The number of sulfone groups is 1. The highest BCUT2D eigenvalue weighted by molar-refractivity contribution is 7.90. The molecule has 1 saturated carbocycles. The zero-order valence-corrected chi connectivity index (χ0v) is 25.8. The predicted octanol–water partition coefficient (Wildman–Crippen LogP) is 8.00. The number of hydrogen-bond donors (Lipinski definition) is 1. The third-order valence-electron chi connectivity index (χ3n) is 7.63. The number of nitrogens with zero attached hydrogens (tertiary/aromatic N) is 3. The molecule has 3 aromatic carbocycles. The van der Waals surface area contributed by atoms with Crippen LogP contribution >= 0.6 is 0 Å². The number of aryl methyl sites for hydroxylation is 1. The van der Waals surface area contributed by atoms with Crippen LogP contribution in [0.25, 0.3) is 39.4 Å². The Morgan fingerprint density at radius 2 is 1.62 bits per heavy atom. The van der Waals surface area contributed by atoms with Gasteiger partial charge in [-0.3, -0.25) is 0 Å². The molecule has 6 rings (SSSR count). The van der Waals surface area contributed by atoms with E-state index in [1.165, 1.54) is 43.3 Å². The summed E-state index contributed by atoms with van der Waals surface area (Å²) in [4.78, 5) is 3.93. The van der Waals surface area contributed by atoms with Crippen molar-refractivity contribution >= 4 is 9.84 Å². The van der Waals surface area contributed by atoms with E-state index in [1.807, 2.05) is 0 Å². The molecular formula is C32H24F7N3O5S. The fourth-order valence-corrected chi connectivity index (χ4v) is 6.31. The molecule has 0 amide bonds. The van der Waals surface area contributed by atoms with E-state index in [1.54, 1.807) is 0 Å². The minimum absolute atomic E-state index is 0.00423. The molecule has 0 aliphatic heterocycles. The van der Waals surface area contributed by atoms with Gasteiger partial charge in [-0.15, -0.1) is 13.2 Å². The molecule has 1 fully saturated rings. The molecule has 48 heavy (non-hydrogen) atoms. The Hall–Kier alpha value is -4.70. The second-order valence-electron chi connectivity index (χ2n) is 11.2. The lowest BCUT2D eigenvalue weighted by Gasteiger charge is -2.16. The third-order valence-corrected chi connectivity index (χ3v) is 8.80. The minimum atomic E-state index is -4.93. The van der Waals surface area contributed by atoms with Crippen molar-refractivity contribution in [2.45, 2.75) is 49.7 Å². The van der Waals surface area contributed by atoms with E-state index >= 15 is 4.39 Å². The summed E-state index contributed by atoms with van der Waals surface area (Å²) in [6, 6.07) is 12.1. The first-order chi connectivity index (χ1) is 22.4. The Labute approximate surface area is 268 Å². The quantitative estimate of drug-likeness (QED) is 0.164. The van der Waals surface area contributed by atoms with Gasteiger partial charge in [-0.25, -0.2) is 22.5 Å². The summed E-state index contributed by atoms with van der Waals surface area (Å²) in [5, 5.41) is 13.5. The summed E-state index contributed by atoms with van der Waals surface area (Å²) in [5.74, 6) is -1.62. The lowest BCUT2D eigenvalue weighted by Crippen LogP contribution is -2.16. The van der Waals surface area contributed by atoms with Crippen molar-refractivity contribution in [3.8, 4) is 45.1 Å². The van der Waals surface area contributed by atoms with Gasteiger partial charge in [0.05, 0.1) is 17.2 Å². The van der Waals surface area contributed by atoms with Crippen LogP contribution in [0.4, 0.5) is 30.7 Å². The molecule has 1 N–H and O–H groups in total. The van der Waals surface area contributed by atoms with Gasteiger partial charge in [0.2, 0.25) is 0 Å². The van der Waals surface area contributed by atoms with Gasteiger partial charge < -0.3 is 14.3 Å². The predicted molar refractivity (Wildman–Crippen MR) is 157 cm³/mol. The van der Waals surface area contributed by atoms with Crippen LogP contribution in [0.15, 0.2) is 70.0 Å². The van der Waals surface area contributed by atoms with E-state index in [0.29, 0.717) is 12.8 Å². The molecule has 1 aliphatic rings. The highest BCUT2D eigenvalue weighted by Gasteiger charge is 2.39. The number of aliphatic hydroxyl groups is 1. The number of benzene rings is 3. The second-order valence-corrected chi connectivity index (χ2v) is 13.2. The average Bonchev–Trinajstić information content (AvgIpc) is 3.61. The number of aromatic nitrogens is 3. The molecule has 2 aromatic heterocycles. The normalized spacial score (nSPS) is 14.0. The van der Waals surface area contributed by atoms with Gasteiger partial charge in [0.25, 0.3) is 0 Å². The maximum atomic E-state index is 15.1. The van der Waals surface area contributed by atoms with E-state index in [4.69, 9.17) is 4.42 Å². The van der Waals surface area contributed by atoms with E-state index in [0.717, 1.165) is 35.2 Å². The lowest BCUT2D eigenvalue weighted by atomic mass is 9.97. The first-order valence-electron chi connectivity index (χ1n) is 14.2. The minimum Gasteiger partial charge on any atom is -0.440 e. The summed E-state index contributed by atoms with van der Waals surface area (Å²) in [6.07, 6.45) is -7.60. The first-order valence-corrected chi connectivity index (χ1v) is 16.1. The fraction of sp³-hybridized carbons (Fsp3) is 0.250. The Morgan fingerprint density at radius 1 is 0.958 bits per heavy atom. The third kappa shape index (κ3) is 6.67. The molecule has 0 unspecified atom stereocenters. The molecular weight excluding hydrogens is 671 g/mol. The van der Waals surface area contributed by atoms with Crippen molar-refractivity contribution < 1.29 is 53.4 Å². The van der Waals surface area contributed by atoms with Crippen LogP contribution in [-0.2, 0) is 22.6 Å². The Morgan fingerprint density at radius 3 is 2.21 bits per heavy atom. The summed E-state index contributed by atoms with van der Waals surface area (Å²) in [7, 11) is -4.02. The zero-order chi connectivity index (χ0) is 34.8. The van der Waals surface area contributed by atoms with E-state index < -0.39 is 56.7 Å². The van der Waals surface area contributed by atoms with Crippen LogP contribution < -0.4 is 4.74 Å². The molecule has 5 aromatic rings. The number of rotatable bonds is 8. The van der Waals surface area contributed by atoms with E-state index in [2.05, 4.69) is 14.8 Å². The molecule has 252 valence electrons. The van der Waals surface area contributed by atoms with E-state index in [-0.39, 0.29) is 56.9 Å². The van der Waals surface area contributed by atoms with Crippen molar-refractivity contribution in [3.05, 3.63) is 89.3 Å². The number of alkyl halides is 6. The van der Waals surface area contributed by atoms with Crippen LogP contribution in [0.3, 0.4) is 0 Å². The van der Waals surface area contributed by atoms with Gasteiger partial charge >= 0.3 is 12.5 Å². The van der Waals surface area contributed by atoms with Crippen LogP contribution in [0, 0.1) is 12.7 Å². The molecule has 2 heterocycles. The summed E-state index contributed by atoms with van der Waals surface area (Å²) >= 11 is 0. The maximum absolute atomic E-state index is 15.1. The highest BCUT2D eigenvalue weighted by Crippen LogP contribution is 2.45.